The van der Waals surface area contributed by atoms with Gasteiger partial charge >= 0.3 is 0 Å². The lowest BCUT2D eigenvalue weighted by molar-refractivity contribution is -0.123. The quantitative estimate of drug-likeness (QED) is 0.655. The van der Waals surface area contributed by atoms with Gasteiger partial charge in [0, 0.05) is 37.0 Å². The van der Waals surface area contributed by atoms with E-state index in [4.69, 9.17) is 9.72 Å². The average Bonchev–Trinajstić information content (AvgIpc) is 3.18. The molecule has 1 saturated heterocycles. The minimum Gasteiger partial charge on any atom is -0.379 e. The molecule has 2 aromatic rings. The predicted octanol–water partition coefficient (Wildman–Crippen LogP) is 4.26. The fourth-order valence-corrected chi connectivity index (χ4v) is 5.62. The molecule has 1 amide bonds. The Morgan fingerprint density at radius 2 is 2.07 bits per heavy atom. The second-order valence-electron chi connectivity index (χ2n) is 7.61. The SMILES string of the molecule is CSc1ccc2nc(N(CCN3CCOCC3)C(=O)C3CCCCC3)sc2c1. The smallest absolute Gasteiger partial charge is 0.231 e. The first-order chi connectivity index (χ1) is 13.7. The second kappa shape index (κ2) is 9.57. The largest absolute Gasteiger partial charge is 0.379 e. The molecule has 0 N–H and O–H groups in total. The molecular weight excluding hydrogens is 390 g/mol. The monoisotopic (exact) mass is 419 g/mol. The van der Waals surface area contributed by atoms with Crippen molar-refractivity contribution in [2.75, 3.05) is 50.5 Å². The number of thioether (sulfide) groups is 1. The Hall–Kier alpha value is -1.15. The summed E-state index contributed by atoms with van der Waals surface area (Å²) in [6.07, 6.45) is 7.73. The maximum absolute atomic E-state index is 13.4. The van der Waals surface area contributed by atoms with E-state index >= 15 is 0 Å². The van der Waals surface area contributed by atoms with Gasteiger partial charge in [-0.05, 0) is 37.3 Å². The van der Waals surface area contributed by atoms with Gasteiger partial charge in [-0.2, -0.15) is 0 Å². The highest BCUT2D eigenvalue weighted by Gasteiger charge is 2.29. The Labute approximate surface area is 175 Å². The summed E-state index contributed by atoms with van der Waals surface area (Å²) in [6, 6.07) is 6.37. The van der Waals surface area contributed by atoms with Crippen LogP contribution in [-0.4, -0.2) is 61.4 Å². The molecule has 2 aliphatic rings. The third-order valence-electron chi connectivity index (χ3n) is 5.78. The number of ether oxygens (including phenoxy) is 1. The number of hydrogen-bond acceptors (Lipinski definition) is 6. The summed E-state index contributed by atoms with van der Waals surface area (Å²) in [4.78, 5) is 23.9. The molecule has 4 rings (SSSR count). The standard InChI is InChI=1S/C21H29N3O2S2/c1-27-17-7-8-18-19(15-17)28-21(22-18)24(10-9-23-11-13-26-14-12-23)20(25)16-5-3-2-4-6-16/h7-8,15-16H,2-6,9-14H2,1H3. The van der Waals surface area contributed by atoms with Crippen LogP contribution in [0.2, 0.25) is 0 Å². The summed E-state index contributed by atoms with van der Waals surface area (Å²) in [6.45, 7) is 5.06. The highest BCUT2D eigenvalue weighted by atomic mass is 32.2. The van der Waals surface area contributed by atoms with Crippen molar-refractivity contribution in [2.45, 2.75) is 37.0 Å². The Morgan fingerprint density at radius 1 is 1.29 bits per heavy atom. The number of rotatable bonds is 6. The van der Waals surface area contributed by atoms with Crippen LogP contribution in [0.25, 0.3) is 10.2 Å². The van der Waals surface area contributed by atoms with Crippen LogP contribution in [0.1, 0.15) is 32.1 Å². The molecule has 1 aliphatic carbocycles. The van der Waals surface area contributed by atoms with Crippen molar-refractivity contribution in [1.82, 2.24) is 9.88 Å². The van der Waals surface area contributed by atoms with Crippen molar-refractivity contribution in [2.24, 2.45) is 5.92 Å². The summed E-state index contributed by atoms with van der Waals surface area (Å²) in [5.74, 6) is 0.435. The van der Waals surface area contributed by atoms with Crippen molar-refractivity contribution < 1.29 is 9.53 Å². The highest BCUT2D eigenvalue weighted by molar-refractivity contribution is 7.98. The van der Waals surface area contributed by atoms with Gasteiger partial charge < -0.3 is 4.74 Å². The van der Waals surface area contributed by atoms with Gasteiger partial charge in [0.25, 0.3) is 0 Å². The molecule has 28 heavy (non-hydrogen) atoms. The summed E-state index contributed by atoms with van der Waals surface area (Å²) in [7, 11) is 0. The molecule has 1 saturated carbocycles. The van der Waals surface area contributed by atoms with Gasteiger partial charge in [-0.3, -0.25) is 14.6 Å². The van der Waals surface area contributed by atoms with Gasteiger partial charge in [0.15, 0.2) is 5.13 Å². The maximum Gasteiger partial charge on any atom is 0.231 e. The van der Waals surface area contributed by atoms with Crippen LogP contribution in [0, 0.1) is 5.92 Å². The van der Waals surface area contributed by atoms with E-state index in [0.29, 0.717) is 6.54 Å². The second-order valence-corrected chi connectivity index (χ2v) is 9.50. The van der Waals surface area contributed by atoms with Crippen molar-refractivity contribution in [3.05, 3.63) is 18.2 Å². The maximum atomic E-state index is 13.4. The number of nitrogens with zero attached hydrogens (tertiary/aromatic N) is 3. The van der Waals surface area contributed by atoms with Crippen LogP contribution in [-0.2, 0) is 9.53 Å². The van der Waals surface area contributed by atoms with Crippen molar-refractivity contribution in [3.63, 3.8) is 0 Å². The first-order valence-corrected chi connectivity index (χ1v) is 12.3. The summed E-state index contributed by atoms with van der Waals surface area (Å²) >= 11 is 3.39. The van der Waals surface area contributed by atoms with Crippen LogP contribution >= 0.6 is 23.1 Å². The number of benzene rings is 1. The first kappa shape index (κ1) is 20.1. The third-order valence-corrected chi connectivity index (χ3v) is 7.55. The average molecular weight is 420 g/mol. The Bertz CT molecular complexity index is 798. The van der Waals surface area contributed by atoms with Crippen LogP contribution in [0.3, 0.4) is 0 Å². The molecule has 0 spiro atoms. The fraction of sp³-hybridized carbons (Fsp3) is 0.619. The molecule has 0 atom stereocenters. The number of carbonyl (C=O) groups excluding carboxylic acids is 1. The molecule has 5 nitrogen and oxygen atoms in total. The minimum atomic E-state index is 0.159. The van der Waals surface area contributed by atoms with Crippen molar-refractivity contribution >= 4 is 44.4 Å². The normalized spacial score (nSPS) is 19.2. The number of thiazole rings is 1. The van der Waals surface area contributed by atoms with Gasteiger partial charge in [-0.25, -0.2) is 4.98 Å². The summed E-state index contributed by atoms with van der Waals surface area (Å²) < 4.78 is 6.62. The van der Waals surface area contributed by atoms with Gasteiger partial charge in [-0.1, -0.05) is 30.6 Å². The van der Waals surface area contributed by atoms with E-state index < -0.39 is 0 Å². The van der Waals surface area contributed by atoms with E-state index in [0.717, 1.165) is 61.0 Å². The summed E-state index contributed by atoms with van der Waals surface area (Å²) in [5, 5.41) is 0.858. The first-order valence-electron chi connectivity index (χ1n) is 10.3. The van der Waals surface area contributed by atoms with Crippen molar-refractivity contribution in [1.29, 1.82) is 0 Å². The zero-order valence-corrected chi connectivity index (χ0v) is 18.2. The lowest BCUT2D eigenvalue weighted by atomic mass is 9.88. The molecule has 2 heterocycles. The Morgan fingerprint density at radius 3 is 2.82 bits per heavy atom. The Balaban J connectivity index is 1.56. The van der Waals surface area contributed by atoms with Crippen molar-refractivity contribution in [3.8, 4) is 0 Å². The topological polar surface area (TPSA) is 45.7 Å². The number of morpholine rings is 1. The van der Waals surface area contributed by atoms with E-state index in [2.05, 4.69) is 29.4 Å². The number of carbonyl (C=O) groups is 1. The van der Waals surface area contributed by atoms with Gasteiger partial charge in [0.1, 0.15) is 0 Å². The number of hydrogen-bond donors (Lipinski definition) is 0. The molecule has 1 aliphatic heterocycles. The third kappa shape index (κ3) is 4.70. The molecule has 7 heteroatoms. The molecule has 1 aromatic carbocycles. The zero-order valence-electron chi connectivity index (χ0n) is 16.6. The van der Waals surface area contributed by atoms with E-state index in [1.165, 1.54) is 24.2 Å². The van der Waals surface area contributed by atoms with E-state index in [1.54, 1.807) is 23.1 Å². The fourth-order valence-electron chi connectivity index (χ4n) is 4.07. The number of amides is 1. The highest BCUT2D eigenvalue weighted by Crippen LogP contribution is 2.34. The number of fused-ring (bicyclic) bond motifs is 1. The van der Waals surface area contributed by atoms with Gasteiger partial charge in [-0.15, -0.1) is 11.8 Å². The zero-order chi connectivity index (χ0) is 19.3. The predicted molar refractivity (Wildman–Crippen MR) is 118 cm³/mol. The molecule has 0 radical (unpaired) electrons. The Kier molecular flexibility index (Phi) is 6.88. The minimum absolute atomic E-state index is 0.159. The molecule has 2 fully saturated rings. The molecule has 1 aromatic heterocycles. The van der Waals surface area contributed by atoms with Crippen LogP contribution in [0.15, 0.2) is 23.1 Å². The van der Waals surface area contributed by atoms with Gasteiger partial charge in [0.05, 0.1) is 23.4 Å². The van der Waals surface area contributed by atoms with E-state index in [1.807, 2.05) is 4.90 Å². The lowest BCUT2D eigenvalue weighted by Crippen LogP contribution is -2.45. The summed E-state index contributed by atoms with van der Waals surface area (Å²) in [5.41, 5.74) is 0.991. The molecular formula is C21H29N3O2S2. The number of aromatic nitrogens is 1. The van der Waals surface area contributed by atoms with Gasteiger partial charge in [0.2, 0.25) is 5.91 Å². The molecule has 0 unspecified atom stereocenters. The molecule has 0 bridgehead atoms. The lowest BCUT2D eigenvalue weighted by Gasteiger charge is -2.31. The van der Waals surface area contributed by atoms with Crippen LogP contribution in [0.4, 0.5) is 5.13 Å². The number of anilines is 1. The van der Waals surface area contributed by atoms with E-state index in [9.17, 15) is 4.79 Å². The molecule has 152 valence electrons. The van der Waals surface area contributed by atoms with Crippen LogP contribution < -0.4 is 4.90 Å². The van der Waals surface area contributed by atoms with E-state index in [-0.39, 0.29) is 11.8 Å². The van der Waals surface area contributed by atoms with Crippen LogP contribution in [0.5, 0.6) is 0 Å².